The monoisotopic (exact) mass is 788 g/mol. The van der Waals surface area contributed by atoms with Crippen LogP contribution in [0, 0.1) is 5.92 Å². The fourth-order valence-corrected chi connectivity index (χ4v) is 12.5. The Morgan fingerprint density at radius 1 is 0.475 bits per heavy atom. The summed E-state index contributed by atoms with van der Waals surface area (Å²) >= 11 is 3.78. The van der Waals surface area contributed by atoms with Crippen LogP contribution in [0.1, 0.15) is 6.42 Å². The van der Waals surface area contributed by atoms with E-state index in [1.54, 1.807) is 0 Å². The molecule has 3 heterocycles. The minimum Gasteiger partial charge on any atom is -0.330 e. The van der Waals surface area contributed by atoms with Gasteiger partial charge in [-0.3, -0.25) is 0 Å². The van der Waals surface area contributed by atoms with Gasteiger partial charge in [0.1, 0.15) is 0 Å². The van der Waals surface area contributed by atoms with Crippen molar-refractivity contribution in [3.63, 3.8) is 0 Å². The molecule has 2 nitrogen and oxygen atoms in total. The number of hydrogen-bond acceptors (Lipinski definition) is 3. The summed E-state index contributed by atoms with van der Waals surface area (Å²) in [4.78, 5) is 2.48. The van der Waals surface area contributed by atoms with Crippen molar-refractivity contribution in [1.82, 2.24) is 4.57 Å². The molecule has 2 aliphatic rings. The summed E-state index contributed by atoms with van der Waals surface area (Å²) in [6.45, 7) is 0. The summed E-state index contributed by atoms with van der Waals surface area (Å²) in [6.07, 6.45) is 10.4. The third kappa shape index (κ3) is 4.97. The van der Waals surface area contributed by atoms with Crippen molar-refractivity contribution in [1.29, 1.82) is 0 Å². The lowest BCUT2D eigenvalue weighted by Crippen LogP contribution is -2.17. The van der Waals surface area contributed by atoms with Gasteiger partial charge in [0.05, 0.1) is 21.4 Å². The van der Waals surface area contributed by atoms with Gasteiger partial charge in [-0.2, -0.15) is 0 Å². The second-order valence-corrected chi connectivity index (χ2v) is 18.2. The van der Waals surface area contributed by atoms with Crippen molar-refractivity contribution in [3.8, 4) is 22.3 Å². The SMILES string of the molecule is C1=CC2CC2(n2c3ccccc3c3ccc(-c4ccc(N(c5ccc6c(c5)sc5ccccc56)c5cccc6c5sc5c(-c7ccccc7)cccc56)cc4)cc32)C=C1. The molecule has 2 unspecified atom stereocenters. The minimum atomic E-state index is 0.0179. The fraction of sp³-hybridized carbons (Fsp3) is 0.0545. The number of benzene rings is 8. The highest BCUT2D eigenvalue weighted by Gasteiger charge is 2.54. The smallest absolute Gasteiger partial charge is 0.0707 e. The number of rotatable bonds is 6. The zero-order chi connectivity index (χ0) is 38.7. The molecule has 8 aromatic carbocycles. The van der Waals surface area contributed by atoms with Crippen molar-refractivity contribution in [2.75, 3.05) is 4.90 Å². The van der Waals surface area contributed by atoms with Crippen LogP contribution in [-0.2, 0) is 5.54 Å². The molecule has 1 fully saturated rings. The van der Waals surface area contributed by atoms with Gasteiger partial charge in [0.2, 0.25) is 0 Å². The van der Waals surface area contributed by atoms with Crippen LogP contribution in [0.15, 0.2) is 200 Å². The second-order valence-electron chi connectivity index (χ2n) is 16.1. The quantitative estimate of drug-likeness (QED) is 0.163. The number of para-hydroxylation sites is 1. The zero-order valence-corrected chi connectivity index (χ0v) is 33.7. The molecular formula is C55H36N2S2. The van der Waals surface area contributed by atoms with Crippen LogP contribution in [0.25, 0.3) is 84.4 Å². The van der Waals surface area contributed by atoms with Gasteiger partial charge >= 0.3 is 0 Å². The molecule has 13 rings (SSSR count). The molecule has 1 saturated carbocycles. The molecule has 11 aromatic rings. The van der Waals surface area contributed by atoms with Gasteiger partial charge in [0.15, 0.2) is 0 Å². The topological polar surface area (TPSA) is 8.17 Å². The standard InChI is InChI=1S/C55H36N2S2/c1-2-12-36(13-3-1)41-17-10-18-46-47-19-11-21-49(54(47)59-53(41)46)56(40-28-30-45-44-16-5-7-22-51(44)58-52(45)33-40)39-26-23-35(24-27-39)37-25-29-43-42-15-4-6-20-48(42)57(50(43)32-37)55-31-9-8-14-38(55)34-55/h1-33,38H,34H2. The lowest BCUT2D eigenvalue weighted by Gasteiger charge is -2.26. The predicted octanol–water partition coefficient (Wildman–Crippen LogP) is 16.2. The van der Waals surface area contributed by atoms with E-state index in [1.807, 2.05) is 22.7 Å². The molecule has 4 heteroatoms. The number of thiophene rings is 2. The maximum absolute atomic E-state index is 2.63. The van der Waals surface area contributed by atoms with Crippen LogP contribution in [0.5, 0.6) is 0 Å². The van der Waals surface area contributed by atoms with Gasteiger partial charge in [-0.15, -0.1) is 22.7 Å². The highest BCUT2D eigenvalue weighted by Crippen LogP contribution is 2.57. The van der Waals surface area contributed by atoms with E-state index in [-0.39, 0.29) is 5.54 Å². The third-order valence-electron chi connectivity index (χ3n) is 12.9. The van der Waals surface area contributed by atoms with Gasteiger partial charge in [-0.25, -0.2) is 0 Å². The largest absolute Gasteiger partial charge is 0.330 e. The lowest BCUT2D eigenvalue weighted by atomic mass is 10.0. The molecule has 0 aliphatic heterocycles. The molecule has 0 saturated heterocycles. The molecule has 0 bridgehead atoms. The number of hydrogen-bond donors (Lipinski definition) is 0. The average molecular weight is 789 g/mol. The van der Waals surface area contributed by atoms with Crippen molar-refractivity contribution in [3.05, 3.63) is 200 Å². The van der Waals surface area contributed by atoms with Gasteiger partial charge in [-0.05, 0) is 77.2 Å². The second kappa shape index (κ2) is 12.6. The zero-order valence-electron chi connectivity index (χ0n) is 32.0. The van der Waals surface area contributed by atoms with Crippen molar-refractivity contribution < 1.29 is 0 Å². The van der Waals surface area contributed by atoms with E-state index in [2.05, 4.69) is 210 Å². The Bertz CT molecular complexity index is 3550. The molecular weight excluding hydrogens is 753 g/mol. The van der Waals surface area contributed by atoms with Gasteiger partial charge in [0, 0.05) is 69.2 Å². The first-order chi connectivity index (χ1) is 29.2. The number of nitrogens with zero attached hydrogens (tertiary/aromatic N) is 2. The Kier molecular flexibility index (Phi) is 7.13. The summed E-state index contributed by atoms with van der Waals surface area (Å²) in [5.74, 6) is 0.544. The molecule has 278 valence electrons. The van der Waals surface area contributed by atoms with Crippen LogP contribution < -0.4 is 4.90 Å². The summed E-state index contributed by atoms with van der Waals surface area (Å²) in [5.41, 5.74) is 11.1. The summed E-state index contributed by atoms with van der Waals surface area (Å²) in [5, 5.41) is 7.85. The highest BCUT2D eigenvalue weighted by atomic mass is 32.1. The van der Waals surface area contributed by atoms with E-state index < -0.39 is 0 Å². The molecule has 0 N–H and O–H groups in total. The summed E-state index contributed by atoms with van der Waals surface area (Å²) in [7, 11) is 0. The minimum absolute atomic E-state index is 0.0179. The Morgan fingerprint density at radius 2 is 1.17 bits per heavy atom. The number of anilines is 3. The van der Waals surface area contributed by atoms with Crippen LogP contribution >= 0.6 is 22.7 Å². The van der Waals surface area contributed by atoms with E-state index in [0.29, 0.717) is 5.92 Å². The van der Waals surface area contributed by atoms with Gasteiger partial charge in [-0.1, -0.05) is 152 Å². The van der Waals surface area contributed by atoms with E-state index in [4.69, 9.17) is 0 Å². The Balaban J connectivity index is 0.979. The molecule has 59 heavy (non-hydrogen) atoms. The first-order valence-electron chi connectivity index (χ1n) is 20.4. The number of aromatic nitrogens is 1. The lowest BCUT2D eigenvalue weighted by molar-refractivity contribution is 0.601. The van der Waals surface area contributed by atoms with Crippen molar-refractivity contribution >= 4 is 102 Å². The van der Waals surface area contributed by atoms with Crippen LogP contribution in [0.4, 0.5) is 17.1 Å². The number of allylic oxidation sites excluding steroid dienone is 4. The van der Waals surface area contributed by atoms with Crippen LogP contribution in [0.2, 0.25) is 0 Å². The van der Waals surface area contributed by atoms with Crippen LogP contribution in [-0.4, -0.2) is 4.57 Å². The molecule has 3 aromatic heterocycles. The fourth-order valence-electron chi connectivity index (χ4n) is 9.98. The highest BCUT2D eigenvalue weighted by molar-refractivity contribution is 7.27. The maximum Gasteiger partial charge on any atom is 0.0707 e. The first-order valence-corrected chi connectivity index (χ1v) is 22.1. The molecule has 2 aliphatic carbocycles. The average Bonchev–Trinajstić information content (AvgIpc) is 3.54. The Morgan fingerprint density at radius 3 is 2.05 bits per heavy atom. The van der Waals surface area contributed by atoms with Gasteiger partial charge in [0.25, 0.3) is 0 Å². The van der Waals surface area contributed by atoms with E-state index in [0.717, 1.165) is 17.8 Å². The third-order valence-corrected chi connectivity index (χ3v) is 15.3. The first kappa shape index (κ1) is 33.3. The van der Waals surface area contributed by atoms with Crippen molar-refractivity contribution in [2.45, 2.75) is 12.0 Å². The van der Waals surface area contributed by atoms with E-state index in [1.165, 1.54) is 90.1 Å². The number of fused-ring (bicyclic) bond motifs is 10. The molecule has 0 spiro atoms. The summed E-state index contributed by atoms with van der Waals surface area (Å²) in [6, 6.07) is 65.4. The predicted molar refractivity (Wildman–Crippen MR) is 255 cm³/mol. The van der Waals surface area contributed by atoms with Crippen LogP contribution in [0.3, 0.4) is 0 Å². The summed E-state index contributed by atoms with van der Waals surface area (Å²) < 4.78 is 7.85. The maximum atomic E-state index is 2.63. The Hall–Kier alpha value is -6.72. The van der Waals surface area contributed by atoms with Crippen molar-refractivity contribution in [2.24, 2.45) is 5.92 Å². The molecule has 0 amide bonds. The molecule has 0 radical (unpaired) electrons. The van der Waals surface area contributed by atoms with E-state index in [9.17, 15) is 0 Å². The Labute approximate surface area is 349 Å². The normalized spacial score (nSPS) is 17.2. The molecule has 2 atom stereocenters. The van der Waals surface area contributed by atoms with E-state index >= 15 is 0 Å². The van der Waals surface area contributed by atoms with Gasteiger partial charge < -0.3 is 9.47 Å².